The summed E-state index contributed by atoms with van der Waals surface area (Å²) >= 11 is 0. The average Bonchev–Trinajstić information content (AvgIpc) is 3.29. The Labute approximate surface area is 329 Å². The van der Waals surface area contributed by atoms with Gasteiger partial charge < -0.3 is 9.80 Å². The third kappa shape index (κ3) is 7.00. The van der Waals surface area contributed by atoms with Gasteiger partial charge in [0.25, 0.3) is 0 Å². The van der Waals surface area contributed by atoms with E-state index in [1.165, 1.54) is 44.5 Å². The summed E-state index contributed by atoms with van der Waals surface area (Å²) in [6.07, 6.45) is 0. The molecular formula is C54H40N2. The molecule has 0 amide bonds. The molecule has 2 heteroatoms. The normalized spacial score (nSPS) is 10.9. The van der Waals surface area contributed by atoms with E-state index in [1.54, 1.807) is 0 Å². The highest BCUT2D eigenvalue weighted by Gasteiger charge is 2.21. The zero-order valence-corrected chi connectivity index (χ0v) is 31.0. The van der Waals surface area contributed by atoms with Crippen LogP contribution in [0.4, 0.5) is 34.1 Å². The van der Waals surface area contributed by atoms with Gasteiger partial charge in [0.1, 0.15) is 0 Å². The van der Waals surface area contributed by atoms with E-state index in [2.05, 4.69) is 252 Å². The number of benzene rings is 9. The molecule has 0 N–H and O–H groups in total. The van der Waals surface area contributed by atoms with Crippen LogP contribution in [0.1, 0.15) is 0 Å². The van der Waals surface area contributed by atoms with Crippen LogP contribution < -0.4 is 9.80 Å². The third-order valence-electron chi connectivity index (χ3n) is 10.3. The highest BCUT2D eigenvalue weighted by Crippen LogP contribution is 2.46. The van der Waals surface area contributed by atoms with Gasteiger partial charge in [-0.3, -0.25) is 0 Å². The molecule has 0 aliphatic heterocycles. The fraction of sp³-hybridized carbons (Fsp3) is 0. The molecule has 9 aromatic carbocycles. The van der Waals surface area contributed by atoms with E-state index in [1.807, 2.05) is 0 Å². The first-order chi connectivity index (χ1) is 27.8. The minimum atomic E-state index is 1.10. The molecule has 266 valence electrons. The van der Waals surface area contributed by atoms with Crippen molar-refractivity contribution in [2.45, 2.75) is 0 Å². The maximum atomic E-state index is 2.35. The van der Waals surface area contributed by atoms with Crippen LogP contribution in [0.15, 0.2) is 243 Å². The Morgan fingerprint density at radius 2 is 0.429 bits per heavy atom. The molecule has 0 fully saturated rings. The molecule has 0 radical (unpaired) electrons. The van der Waals surface area contributed by atoms with Crippen LogP contribution in [0, 0.1) is 0 Å². The Morgan fingerprint density at radius 3 is 0.732 bits per heavy atom. The standard InChI is InChI=1S/C54H40N2/c1-7-21-41(22-8-1)53-39-47(55(43-25-11-3-12-26-43)44-27-13-4-14-28-44)35-37-51(53)49-33-19-20-34-50(49)52-38-36-48(40-54(52)42-23-9-2-10-24-42)56(45-29-15-5-16-30-45)46-31-17-6-18-32-46/h1-40H. The maximum Gasteiger partial charge on any atom is 0.0468 e. The molecule has 0 spiro atoms. The van der Waals surface area contributed by atoms with Gasteiger partial charge in [-0.15, -0.1) is 0 Å². The summed E-state index contributed by atoms with van der Waals surface area (Å²) in [7, 11) is 0. The van der Waals surface area contributed by atoms with Crippen LogP contribution in [0.25, 0.3) is 44.5 Å². The number of rotatable bonds is 10. The summed E-state index contributed by atoms with van der Waals surface area (Å²) in [4.78, 5) is 4.67. The zero-order valence-electron chi connectivity index (χ0n) is 31.0. The number of nitrogens with zero attached hydrogens (tertiary/aromatic N) is 2. The first kappa shape index (κ1) is 34.4. The largest absolute Gasteiger partial charge is 0.310 e. The quantitative estimate of drug-likeness (QED) is 0.139. The van der Waals surface area contributed by atoms with Gasteiger partial charge in [0.15, 0.2) is 0 Å². The molecule has 0 atom stereocenters. The first-order valence-electron chi connectivity index (χ1n) is 19.1. The van der Waals surface area contributed by atoms with Crippen molar-refractivity contribution in [3.05, 3.63) is 243 Å². The molecule has 0 bridgehead atoms. The van der Waals surface area contributed by atoms with Crippen molar-refractivity contribution in [3.63, 3.8) is 0 Å². The minimum absolute atomic E-state index is 1.10. The molecule has 9 rings (SSSR count). The Morgan fingerprint density at radius 1 is 0.179 bits per heavy atom. The second-order valence-corrected chi connectivity index (χ2v) is 13.8. The summed E-state index contributed by atoms with van der Waals surface area (Å²) in [6, 6.07) is 86.7. The lowest BCUT2D eigenvalue weighted by Gasteiger charge is -2.27. The van der Waals surface area contributed by atoms with E-state index in [4.69, 9.17) is 0 Å². The second-order valence-electron chi connectivity index (χ2n) is 13.8. The number of hydrogen-bond donors (Lipinski definition) is 0. The van der Waals surface area contributed by atoms with Gasteiger partial charge in [0.2, 0.25) is 0 Å². The predicted octanol–water partition coefficient (Wildman–Crippen LogP) is 15.3. The molecule has 0 heterocycles. The van der Waals surface area contributed by atoms with Crippen molar-refractivity contribution in [2.24, 2.45) is 0 Å². The van der Waals surface area contributed by atoms with E-state index in [0.717, 1.165) is 34.1 Å². The lowest BCUT2D eigenvalue weighted by atomic mass is 9.86. The lowest BCUT2D eigenvalue weighted by Crippen LogP contribution is -2.10. The summed E-state index contributed by atoms with van der Waals surface area (Å²) in [6.45, 7) is 0. The SMILES string of the molecule is c1ccc(-c2cc(N(c3ccccc3)c3ccccc3)ccc2-c2ccccc2-c2ccc(N(c3ccccc3)c3ccccc3)cc2-c2ccccc2)cc1. The van der Waals surface area contributed by atoms with Gasteiger partial charge in [0.05, 0.1) is 0 Å². The molecule has 0 saturated carbocycles. The first-order valence-corrected chi connectivity index (χ1v) is 19.1. The van der Waals surface area contributed by atoms with E-state index >= 15 is 0 Å². The molecule has 0 saturated heterocycles. The Kier molecular flexibility index (Phi) is 9.75. The maximum absolute atomic E-state index is 2.35. The van der Waals surface area contributed by atoms with E-state index < -0.39 is 0 Å². The highest BCUT2D eigenvalue weighted by molar-refractivity contribution is 5.98. The fourth-order valence-corrected chi connectivity index (χ4v) is 7.68. The number of anilines is 6. The Bertz CT molecular complexity index is 2390. The van der Waals surface area contributed by atoms with E-state index in [-0.39, 0.29) is 0 Å². The smallest absolute Gasteiger partial charge is 0.0468 e. The third-order valence-corrected chi connectivity index (χ3v) is 10.3. The Balaban J connectivity index is 1.24. The summed E-state index contributed by atoms with van der Waals surface area (Å²) in [5.74, 6) is 0. The van der Waals surface area contributed by atoms with Crippen LogP contribution in [0.3, 0.4) is 0 Å². The van der Waals surface area contributed by atoms with Gasteiger partial charge in [-0.25, -0.2) is 0 Å². The van der Waals surface area contributed by atoms with Gasteiger partial charge in [-0.1, -0.05) is 170 Å². The zero-order chi connectivity index (χ0) is 37.5. The van der Waals surface area contributed by atoms with Crippen molar-refractivity contribution >= 4 is 34.1 Å². The topological polar surface area (TPSA) is 6.48 Å². The van der Waals surface area contributed by atoms with Crippen molar-refractivity contribution in [2.75, 3.05) is 9.80 Å². The van der Waals surface area contributed by atoms with Crippen molar-refractivity contribution < 1.29 is 0 Å². The van der Waals surface area contributed by atoms with Crippen LogP contribution in [-0.4, -0.2) is 0 Å². The predicted molar refractivity (Wildman–Crippen MR) is 238 cm³/mol. The fourth-order valence-electron chi connectivity index (χ4n) is 7.68. The molecule has 9 aromatic rings. The van der Waals surface area contributed by atoms with Crippen molar-refractivity contribution in [3.8, 4) is 44.5 Å². The highest BCUT2D eigenvalue weighted by atomic mass is 15.1. The molecule has 2 nitrogen and oxygen atoms in total. The molecule has 0 unspecified atom stereocenters. The molecule has 56 heavy (non-hydrogen) atoms. The average molecular weight is 717 g/mol. The molecule has 0 aliphatic rings. The van der Waals surface area contributed by atoms with E-state index in [9.17, 15) is 0 Å². The van der Waals surface area contributed by atoms with Gasteiger partial charge in [0, 0.05) is 34.1 Å². The lowest BCUT2D eigenvalue weighted by molar-refractivity contribution is 1.28. The second kappa shape index (κ2) is 15.9. The minimum Gasteiger partial charge on any atom is -0.310 e. The Hall–Kier alpha value is -7.42. The van der Waals surface area contributed by atoms with Crippen LogP contribution in [0.5, 0.6) is 0 Å². The molecule has 0 aromatic heterocycles. The van der Waals surface area contributed by atoms with E-state index in [0.29, 0.717) is 0 Å². The molecule has 0 aliphatic carbocycles. The summed E-state index contributed by atoms with van der Waals surface area (Å²) in [5.41, 5.74) is 16.0. The molecular weight excluding hydrogens is 677 g/mol. The van der Waals surface area contributed by atoms with Crippen molar-refractivity contribution in [1.29, 1.82) is 0 Å². The van der Waals surface area contributed by atoms with Gasteiger partial charge in [-0.2, -0.15) is 0 Å². The monoisotopic (exact) mass is 716 g/mol. The number of hydrogen-bond acceptors (Lipinski definition) is 2. The summed E-state index contributed by atoms with van der Waals surface area (Å²) < 4.78 is 0. The van der Waals surface area contributed by atoms with Crippen LogP contribution >= 0.6 is 0 Å². The van der Waals surface area contributed by atoms with Gasteiger partial charge >= 0.3 is 0 Å². The van der Waals surface area contributed by atoms with Gasteiger partial charge in [-0.05, 0) is 117 Å². The summed E-state index contributed by atoms with van der Waals surface area (Å²) in [5, 5.41) is 0. The number of para-hydroxylation sites is 4. The van der Waals surface area contributed by atoms with Crippen LogP contribution in [-0.2, 0) is 0 Å². The van der Waals surface area contributed by atoms with Crippen LogP contribution in [0.2, 0.25) is 0 Å². The van der Waals surface area contributed by atoms with Crippen molar-refractivity contribution in [1.82, 2.24) is 0 Å².